The molecule has 4 rings (SSSR count). The van der Waals surface area contributed by atoms with Crippen LogP contribution in [-0.2, 0) is 0 Å². The summed E-state index contributed by atoms with van der Waals surface area (Å²) in [6, 6.07) is 22.1. The van der Waals surface area contributed by atoms with Crippen molar-refractivity contribution >= 4 is 41.0 Å². The molecule has 4 nitrogen and oxygen atoms in total. The number of hydrogen-bond donors (Lipinski definition) is 1. The third-order valence-electron chi connectivity index (χ3n) is 4.33. The number of anilines is 1. The summed E-state index contributed by atoms with van der Waals surface area (Å²) in [6.07, 6.45) is 1.06. The van der Waals surface area contributed by atoms with Crippen LogP contribution in [0.25, 0.3) is 0 Å². The zero-order valence-corrected chi connectivity index (χ0v) is 15.7. The Balaban J connectivity index is 1.79. The molecule has 1 aliphatic heterocycles. The lowest BCUT2D eigenvalue weighted by Crippen LogP contribution is -2.39. The molecule has 0 radical (unpaired) electrons. The Kier molecular flexibility index (Phi) is 4.84. The minimum atomic E-state index is -0.528. The van der Waals surface area contributed by atoms with Crippen LogP contribution in [0.1, 0.15) is 27.7 Å². The van der Waals surface area contributed by atoms with Crippen LogP contribution in [0.15, 0.2) is 77.9 Å². The molecular weight excluding hydrogens is 381 g/mol. The maximum absolute atomic E-state index is 13.1. The van der Waals surface area contributed by atoms with E-state index in [9.17, 15) is 4.79 Å². The number of para-hydroxylation sites is 1. The molecule has 1 atom stereocenters. The minimum absolute atomic E-state index is 0.211. The second-order valence-corrected chi connectivity index (χ2v) is 6.84. The number of hydrogen-bond acceptors (Lipinski definition) is 3. The molecule has 134 valence electrons. The first-order chi connectivity index (χ1) is 13.1. The molecule has 3 aromatic carbocycles. The van der Waals surface area contributed by atoms with Gasteiger partial charge in [0, 0.05) is 26.9 Å². The van der Waals surface area contributed by atoms with E-state index in [-0.39, 0.29) is 5.91 Å². The summed E-state index contributed by atoms with van der Waals surface area (Å²) < 4.78 is 0. The van der Waals surface area contributed by atoms with Crippen molar-refractivity contribution in [3.05, 3.63) is 99.5 Å². The van der Waals surface area contributed by atoms with Gasteiger partial charge in [0.1, 0.15) is 0 Å². The lowest BCUT2D eigenvalue weighted by molar-refractivity contribution is 0.0691. The van der Waals surface area contributed by atoms with Crippen molar-refractivity contribution in [1.82, 2.24) is 5.01 Å². The number of carbonyl (C=O) groups is 1. The largest absolute Gasteiger partial charge is 0.359 e. The SMILES string of the molecule is O=C1c2ccccc2NC(c2ccccc2Cl)N1/N=C/c1ccccc1Cl. The predicted octanol–water partition coefficient (Wildman–Crippen LogP) is 5.59. The highest BCUT2D eigenvalue weighted by Crippen LogP contribution is 2.35. The van der Waals surface area contributed by atoms with Gasteiger partial charge in [0.15, 0.2) is 6.17 Å². The Labute approximate surface area is 167 Å². The van der Waals surface area contributed by atoms with Crippen molar-refractivity contribution in [2.45, 2.75) is 6.17 Å². The highest BCUT2D eigenvalue weighted by Gasteiger charge is 2.33. The van der Waals surface area contributed by atoms with Crippen LogP contribution in [0.4, 0.5) is 5.69 Å². The van der Waals surface area contributed by atoms with Gasteiger partial charge in [0.05, 0.1) is 11.8 Å². The standard InChI is InChI=1S/C21H15Cl2N3O/c22-17-10-4-1-7-14(17)13-24-26-20(15-8-2-5-11-18(15)23)25-19-12-6-3-9-16(19)21(26)27/h1-13,20,25H/b24-13+. The summed E-state index contributed by atoms with van der Waals surface area (Å²) in [4.78, 5) is 13.1. The highest BCUT2D eigenvalue weighted by molar-refractivity contribution is 6.33. The number of halogens is 2. The van der Waals surface area contributed by atoms with E-state index in [0.29, 0.717) is 15.6 Å². The first-order valence-corrected chi connectivity index (χ1v) is 9.13. The summed E-state index contributed by atoms with van der Waals surface area (Å²) in [5, 5.41) is 10.3. The zero-order valence-electron chi connectivity index (χ0n) is 14.1. The lowest BCUT2D eigenvalue weighted by atomic mass is 10.1. The smallest absolute Gasteiger partial charge is 0.278 e. The number of amides is 1. The number of hydrazone groups is 1. The fourth-order valence-corrected chi connectivity index (χ4v) is 3.40. The van der Waals surface area contributed by atoms with Crippen LogP contribution in [0, 0.1) is 0 Å². The van der Waals surface area contributed by atoms with Crippen molar-refractivity contribution < 1.29 is 4.79 Å². The molecule has 0 saturated carbocycles. The van der Waals surface area contributed by atoms with E-state index in [1.165, 1.54) is 5.01 Å². The summed E-state index contributed by atoms with van der Waals surface area (Å²) in [5.41, 5.74) is 2.79. The zero-order chi connectivity index (χ0) is 18.8. The van der Waals surface area contributed by atoms with Crippen molar-refractivity contribution in [3.8, 4) is 0 Å². The van der Waals surface area contributed by atoms with Crippen LogP contribution < -0.4 is 5.32 Å². The number of nitrogens with zero attached hydrogens (tertiary/aromatic N) is 2. The number of fused-ring (bicyclic) bond motifs is 1. The molecule has 0 fully saturated rings. The normalized spacial score (nSPS) is 16.3. The van der Waals surface area contributed by atoms with Crippen LogP contribution in [0.5, 0.6) is 0 Å². The average molecular weight is 396 g/mol. The van der Waals surface area contributed by atoms with Gasteiger partial charge in [-0.15, -0.1) is 0 Å². The van der Waals surface area contributed by atoms with Gasteiger partial charge < -0.3 is 5.32 Å². The molecule has 27 heavy (non-hydrogen) atoms. The van der Waals surface area contributed by atoms with E-state index in [1.54, 1.807) is 24.4 Å². The van der Waals surface area contributed by atoms with Crippen molar-refractivity contribution in [2.75, 3.05) is 5.32 Å². The molecule has 0 bridgehead atoms. The van der Waals surface area contributed by atoms with E-state index in [0.717, 1.165) is 16.8 Å². The van der Waals surface area contributed by atoms with E-state index in [2.05, 4.69) is 10.4 Å². The molecule has 1 aliphatic rings. The maximum Gasteiger partial charge on any atom is 0.278 e. The third-order valence-corrected chi connectivity index (χ3v) is 5.02. The van der Waals surface area contributed by atoms with Crippen LogP contribution in [0.3, 0.4) is 0 Å². The second kappa shape index (κ2) is 7.43. The lowest BCUT2D eigenvalue weighted by Gasteiger charge is -2.35. The van der Waals surface area contributed by atoms with Gasteiger partial charge in [-0.25, -0.2) is 5.01 Å². The van der Waals surface area contributed by atoms with Crippen molar-refractivity contribution in [3.63, 3.8) is 0 Å². The Morgan fingerprint density at radius 3 is 2.33 bits per heavy atom. The number of carbonyl (C=O) groups excluding carboxylic acids is 1. The minimum Gasteiger partial charge on any atom is -0.359 e. The van der Waals surface area contributed by atoms with Crippen molar-refractivity contribution in [1.29, 1.82) is 0 Å². The van der Waals surface area contributed by atoms with Crippen molar-refractivity contribution in [2.24, 2.45) is 5.10 Å². The highest BCUT2D eigenvalue weighted by atomic mass is 35.5. The Hall–Kier alpha value is -2.82. The van der Waals surface area contributed by atoms with E-state index >= 15 is 0 Å². The van der Waals surface area contributed by atoms with Gasteiger partial charge >= 0.3 is 0 Å². The monoisotopic (exact) mass is 395 g/mol. The van der Waals surface area contributed by atoms with E-state index in [1.807, 2.05) is 54.6 Å². The van der Waals surface area contributed by atoms with Gasteiger partial charge in [0.2, 0.25) is 0 Å². The summed E-state index contributed by atoms with van der Waals surface area (Å²) in [5.74, 6) is -0.211. The topological polar surface area (TPSA) is 44.7 Å². The molecule has 3 aromatic rings. The number of nitrogens with one attached hydrogen (secondary N) is 1. The first kappa shape index (κ1) is 17.6. The van der Waals surface area contributed by atoms with E-state index < -0.39 is 6.17 Å². The third kappa shape index (κ3) is 3.42. The molecule has 1 unspecified atom stereocenters. The van der Waals surface area contributed by atoms with Crippen LogP contribution >= 0.6 is 23.2 Å². The number of rotatable bonds is 3. The van der Waals surface area contributed by atoms with Gasteiger partial charge in [-0.3, -0.25) is 4.79 Å². The summed E-state index contributed by atoms with van der Waals surface area (Å²) >= 11 is 12.6. The molecule has 6 heteroatoms. The Bertz CT molecular complexity index is 1040. The fourth-order valence-electron chi connectivity index (χ4n) is 2.97. The molecule has 1 amide bonds. The fraction of sp³-hybridized carbons (Fsp3) is 0.0476. The molecule has 0 aromatic heterocycles. The summed E-state index contributed by atoms with van der Waals surface area (Å²) in [6.45, 7) is 0. The van der Waals surface area contributed by atoms with Gasteiger partial charge in [-0.2, -0.15) is 5.10 Å². The van der Waals surface area contributed by atoms with Gasteiger partial charge in [-0.05, 0) is 24.3 Å². The second-order valence-electron chi connectivity index (χ2n) is 6.03. The molecule has 0 saturated heterocycles. The van der Waals surface area contributed by atoms with Crippen LogP contribution in [-0.4, -0.2) is 17.1 Å². The number of benzene rings is 3. The average Bonchev–Trinajstić information content (AvgIpc) is 2.69. The Morgan fingerprint density at radius 2 is 1.56 bits per heavy atom. The van der Waals surface area contributed by atoms with Crippen LogP contribution in [0.2, 0.25) is 10.0 Å². The molecule has 1 N–H and O–H groups in total. The summed E-state index contributed by atoms with van der Waals surface area (Å²) in [7, 11) is 0. The molecule has 1 heterocycles. The first-order valence-electron chi connectivity index (χ1n) is 8.37. The molecule has 0 spiro atoms. The predicted molar refractivity (Wildman–Crippen MR) is 109 cm³/mol. The quantitative estimate of drug-likeness (QED) is 0.587. The molecular formula is C21H15Cl2N3O. The molecule has 0 aliphatic carbocycles. The van der Waals surface area contributed by atoms with E-state index in [4.69, 9.17) is 23.2 Å². The van der Waals surface area contributed by atoms with Gasteiger partial charge in [-0.1, -0.05) is 71.7 Å². The maximum atomic E-state index is 13.1. The Morgan fingerprint density at radius 1 is 0.889 bits per heavy atom. The van der Waals surface area contributed by atoms with Gasteiger partial charge in [0.25, 0.3) is 5.91 Å².